The van der Waals surface area contributed by atoms with Gasteiger partial charge in [-0.25, -0.2) is 0 Å². The molecule has 2 rings (SSSR count). The van der Waals surface area contributed by atoms with E-state index < -0.39 is 0 Å². The highest BCUT2D eigenvalue weighted by Gasteiger charge is 2.08. The summed E-state index contributed by atoms with van der Waals surface area (Å²) in [6.07, 6.45) is 1.65. The predicted octanol–water partition coefficient (Wildman–Crippen LogP) is 3.36. The Morgan fingerprint density at radius 1 is 1.40 bits per heavy atom. The second kappa shape index (κ2) is 4.59. The van der Waals surface area contributed by atoms with Crippen molar-refractivity contribution in [2.24, 2.45) is 0 Å². The van der Waals surface area contributed by atoms with Crippen LogP contribution in [0.15, 0.2) is 30.5 Å². The third-order valence-corrected chi connectivity index (χ3v) is 3.37. The number of halogens is 1. The highest BCUT2D eigenvalue weighted by molar-refractivity contribution is 7.16. The van der Waals surface area contributed by atoms with E-state index in [0.29, 0.717) is 0 Å². The summed E-state index contributed by atoms with van der Waals surface area (Å²) >= 11 is 7.44. The first-order valence-electron chi connectivity index (χ1n) is 4.55. The summed E-state index contributed by atoms with van der Waals surface area (Å²) in [5.41, 5.74) is 0. The quantitative estimate of drug-likeness (QED) is 0.893. The van der Waals surface area contributed by atoms with Gasteiger partial charge in [0, 0.05) is 11.1 Å². The molecule has 0 spiro atoms. The third-order valence-electron chi connectivity index (χ3n) is 1.96. The molecule has 0 aliphatic carbocycles. The third kappa shape index (κ3) is 2.67. The van der Waals surface area contributed by atoms with E-state index in [1.165, 1.54) is 4.88 Å². The van der Waals surface area contributed by atoms with Crippen molar-refractivity contribution in [3.63, 3.8) is 0 Å². The average Bonchev–Trinajstić information content (AvgIpc) is 2.66. The van der Waals surface area contributed by atoms with Crippen molar-refractivity contribution in [3.8, 4) is 0 Å². The molecule has 1 N–H and O–H groups in total. The number of thiophene rings is 1. The molecule has 0 amide bonds. The number of nitrogens with zero attached hydrogens (tertiary/aromatic N) is 2. The summed E-state index contributed by atoms with van der Waals surface area (Å²) in [6, 6.07) is 7.85. The van der Waals surface area contributed by atoms with Crippen LogP contribution in [-0.4, -0.2) is 10.2 Å². The smallest absolute Gasteiger partial charge is 0.149 e. The van der Waals surface area contributed by atoms with Gasteiger partial charge in [0.25, 0.3) is 0 Å². The molecule has 0 aliphatic heterocycles. The van der Waals surface area contributed by atoms with Crippen LogP contribution in [0.5, 0.6) is 0 Å². The minimum Gasteiger partial charge on any atom is -0.361 e. The largest absolute Gasteiger partial charge is 0.361 e. The van der Waals surface area contributed by atoms with Crippen LogP contribution in [0.2, 0.25) is 4.34 Å². The van der Waals surface area contributed by atoms with Crippen molar-refractivity contribution >= 4 is 28.8 Å². The molecular formula is C10H10ClN3S. The summed E-state index contributed by atoms with van der Waals surface area (Å²) in [5, 5.41) is 11.0. The van der Waals surface area contributed by atoms with Crippen molar-refractivity contribution in [2.75, 3.05) is 5.32 Å². The molecule has 0 radical (unpaired) electrons. The predicted molar refractivity (Wildman–Crippen MR) is 63.4 cm³/mol. The fraction of sp³-hybridized carbons (Fsp3) is 0.200. The topological polar surface area (TPSA) is 37.8 Å². The van der Waals surface area contributed by atoms with Gasteiger partial charge in [0.2, 0.25) is 0 Å². The molecule has 5 heteroatoms. The second-order valence-electron chi connectivity index (χ2n) is 3.12. The van der Waals surface area contributed by atoms with Crippen LogP contribution in [-0.2, 0) is 0 Å². The first-order chi connectivity index (χ1) is 7.25. The maximum absolute atomic E-state index is 5.87. The second-order valence-corrected chi connectivity index (χ2v) is 4.86. The van der Waals surface area contributed by atoms with E-state index in [4.69, 9.17) is 11.6 Å². The zero-order valence-corrected chi connectivity index (χ0v) is 9.72. The van der Waals surface area contributed by atoms with Crippen molar-refractivity contribution in [3.05, 3.63) is 39.7 Å². The molecule has 2 aromatic rings. The summed E-state index contributed by atoms with van der Waals surface area (Å²) < 4.78 is 0.804. The Bertz CT molecular complexity index is 429. The van der Waals surface area contributed by atoms with E-state index in [2.05, 4.69) is 22.4 Å². The lowest BCUT2D eigenvalue weighted by atomic mass is 10.3. The van der Waals surface area contributed by atoms with Gasteiger partial charge in [-0.1, -0.05) is 11.6 Å². The Morgan fingerprint density at radius 2 is 2.27 bits per heavy atom. The molecule has 2 aromatic heterocycles. The van der Waals surface area contributed by atoms with Gasteiger partial charge < -0.3 is 5.32 Å². The van der Waals surface area contributed by atoms with E-state index >= 15 is 0 Å². The molecule has 0 aromatic carbocycles. The monoisotopic (exact) mass is 239 g/mol. The van der Waals surface area contributed by atoms with Crippen LogP contribution in [0.4, 0.5) is 5.82 Å². The van der Waals surface area contributed by atoms with E-state index in [-0.39, 0.29) is 6.04 Å². The SMILES string of the molecule is CC(Nc1cccnn1)c1ccc(Cl)s1. The minimum absolute atomic E-state index is 0.194. The summed E-state index contributed by atoms with van der Waals surface area (Å²) in [7, 11) is 0. The van der Waals surface area contributed by atoms with Crippen LogP contribution in [0, 0.1) is 0 Å². The van der Waals surface area contributed by atoms with Crippen molar-refractivity contribution in [1.82, 2.24) is 10.2 Å². The van der Waals surface area contributed by atoms with Crippen molar-refractivity contribution in [1.29, 1.82) is 0 Å². The molecule has 2 heterocycles. The van der Waals surface area contributed by atoms with Crippen molar-refractivity contribution < 1.29 is 0 Å². The number of aromatic nitrogens is 2. The summed E-state index contributed by atoms with van der Waals surface area (Å²) in [6.45, 7) is 2.07. The molecule has 1 unspecified atom stereocenters. The maximum atomic E-state index is 5.87. The van der Waals surface area contributed by atoms with Crippen LogP contribution >= 0.6 is 22.9 Å². The fourth-order valence-corrected chi connectivity index (χ4v) is 2.30. The van der Waals surface area contributed by atoms with E-state index in [1.54, 1.807) is 17.5 Å². The average molecular weight is 240 g/mol. The molecule has 0 fully saturated rings. The fourth-order valence-electron chi connectivity index (χ4n) is 1.23. The van der Waals surface area contributed by atoms with E-state index in [9.17, 15) is 0 Å². The van der Waals surface area contributed by atoms with Crippen LogP contribution in [0.25, 0.3) is 0 Å². The number of hydrogen-bond donors (Lipinski definition) is 1. The highest BCUT2D eigenvalue weighted by atomic mass is 35.5. The molecule has 0 aliphatic rings. The maximum Gasteiger partial charge on any atom is 0.149 e. The van der Waals surface area contributed by atoms with E-state index in [1.807, 2.05) is 24.3 Å². The summed E-state index contributed by atoms with van der Waals surface area (Å²) in [5.74, 6) is 0.773. The molecular weight excluding hydrogens is 230 g/mol. The van der Waals surface area contributed by atoms with Gasteiger partial charge in [-0.05, 0) is 31.2 Å². The Kier molecular flexibility index (Phi) is 3.18. The van der Waals surface area contributed by atoms with Gasteiger partial charge in [0.05, 0.1) is 10.4 Å². The van der Waals surface area contributed by atoms with Gasteiger partial charge in [0.1, 0.15) is 5.82 Å². The van der Waals surface area contributed by atoms with Crippen LogP contribution in [0.1, 0.15) is 17.8 Å². The Hall–Kier alpha value is -1.13. The summed E-state index contributed by atoms with van der Waals surface area (Å²) in [4.78, 5) is 1.19. The van der Waals surface area contributed by atoms with Crippen LogP contribution in [0.3, 0.4) is 0 Å². The first kappa shape index (κ1) is 10.4. The van der Waals surface area contributed by atoms with E-state index in [0.717, 1.165) is 10.2 Å². The molecule has 78 valence electrons. The Morgan fingerprint density at radius 3 is 2.87 bits per heavy atom. The van der Waals surface area contributed by atoms with Crippen LogP contribution < -0.4 is 5.32 Å². The van der Waals surface area contributed by atoms with Gasteiger partial charge in [0.15, 0.2) is 0 Å². The number of rotatable bonds is 3. The standard InChI is InChI=1S/C10H10ClN3S/c1-7(8-4-5-9(11)15-8)13-10-3-2-6-12-14-10/h2-7H,1H3,(H,13,14). The number of nitrogens with one attached hydrogen (secondary N) is 1. The van der Waals surface area contributed by atoms with Gasteiger partial charge >= 0.3 is 0 Å². The highest BCUT2D eigenvalue weighted by Crippen LogP contribution is 2.28. The molecule has 3 nitrogen and oxygen atoms in total. The zero-order valence-electron chi connectivity index (χ0n) is 8.14. The lowest BCUT2D eigenvalue weighted by Gasteiger charge is -2.11. The Balaban J connectivity index is 2.07. The molecule has 0 saturated carbocycles. The van der Waals surface area contributed by atoms with Gasteiger partial charge in [-0.15, -0.1) is 16.4 Å². The minimum atomic E-state index is 0.194. The molecule has 0 bridgehead atoms. The molecule has 0 saturated heterocycles. The van der Waals surface area contributed by atoms with Crippen molar-refractivity contribution in [2.45, 2.75) is 13.0 Å². The zero-order chi connectivity index (χ0) is 10.7. The first-order valence-corrected chi connectivity index (χ1v) is 5.74. The molecule has 1 atom stereocenters. The normalized spacial score (nSPS) is 12.4. The van der Waals surface area contributed by atoms with Gasteiger partial charge in [-0.2, -0.15) is 5.10 Å². The lowest BCUT2D eigenvalue weighted by molar-refractivity contribution is 0.879. The number of anilines is 1. The molecule has 15 heavy (non-hydrogen) atoms. The van der Waals surface area contributed by atoms with Gasteiger partial charge in [-0.3, -0.25) is 0 Å². The number of hydrogen-bond acceptors (Lipinski definition) is 4. The lowest BCUT2D eigenvalue weighted by Crippen LogP contribution is -2.06. The Labute approximate surface area is 97.1 Å².